The van der Waals surface area contributed by atoms with Gasteiger partial charge in [0.05, 0.1) is 167 Å². The molecule has 12 aromatic rings. The molecule has 5 aromatic carbocycles. The smallest absolute Gasteiger partial charge is 0.361 e. The van der Waals surface area contributed by atoms with Crippen molar-refractivity contribution in [2.45, 2.75) is 44.2 Å². The molecule has 49 heteroatoms. The van der Waals surface area contributed by atoms with E-state index in [1.807, 2.05) is 11.4 Å². The topological polar surface area (TPSA) is 546 Å². The minimum absolute atomic E-state index is 0.0190. The Morgan fingerprint density at radius 1 is 0.492 bits per heavy atom. The highest BCUT2D eigenvalue weighted by Gasteiger charge is 2.34. The van der Waals surface area contributed by atoms with Gasteiger partial charge in [0.25, 0.3) is 5.91 Å². The fraction of sp³-hybridized carbons (Fsp3) is 0.354. The molecule has 128 heavy (non-hydrogen) atoms. The van der Waals surface area contributed by atoms with Crippen molar-refractivity contribution in [2.24, 2.45) is 41.2 Å². The van der Waals surface area contributed by atoms with Gasteiger partial charge in [0.2, 0.25) is 17.4 Å². The van der Waals surface area contributed by atoms with Gasteiger partial charge in [0.15, 0.2) is 68.7 Å². The van der Waals surface area contributed by atoms with Crippen molar-refractivity contribution in [3.05, 3.63) is 146 Å². The van der Waals surface area contributed by atoms with E-state index in [2.05, 4.69) is 103 Å². The number of rotatable bonds is 29. The van der Waals surface area contributed by atoms with Crippen LogP contribution in [0, 0.1) is 26.1 Å². The van der Waals surface area contributed by atoms with Gasteiger partial charge in [0.1, 0.15) is 79.1 Å². The third kappa shape index (κ3) is 22.4. The van der Waals surface area contributed by atoms with Gasteiger partial charge in [-0.05, 0) is 50.1 Å². The first-order valence-corrected chi connectivity index (χ1v) is 39.9. The molecule has 672 valence electrons. The lowest BCUT2D eigenvalue weighted by Gasteiger charge is -2.27. The Bertz CT molecular complexity index is 6140. The predicted octanol–water partition coefficient (Wildman–Crippen LogP) is 8.33. The summed E-state index contributed by atoms with van der Waals surface area (Å²) in [5.74, 6) is 3.80. The van der Waals surface area contributed by atoms with Crippen LogP contribution in [0.5, 0.6) is 51.7 Å². The van der Waals surface area contributed by atoms with Crippen LogP contribution in [0.15, 0.2) is 109 Å². The lowest BCUT2D eigenvalue weighted by molar-refractivity contribution is -0.385. The molecule has 11 heterocycles. The number of halogens is 2. The number of hydrogen-bond acceptors (Lipinski definition) is 38. The van der Waals surface area contributed by atoms with Gasteiger partial charge in [-0.2, -0.15) is 25.5 Å². The van der Waals surface area contributed by atoms with E-state index in [1.165, 1.54) is 85.7 Å². The molecule has 5 fully saturated rings. The van der Waals surface area contributed by atoms with Crippen LogP contribution in [0.4, 0.5) is 45.6 Å². The monoisotopic (exact) mass is 1850 g/mol. The molecule has 0 bridgehead atoms. The van der Waals surface area contributed by atoms with Gasteiger partial charge in [-0.3, -0.25) is 53.2 Å². The van der Waals surface area contributed by atoms with Crippen molar-refractivity contribution in [3.63, 3.8) is 0 Å². The number of nitrogens with two attached hydrogens (primary N) is 1. The van der Waals surface area contributed by atoms with Crippen LogP contribution in [0.2, 0.25) is 5.15 Å². The lowest BCUT2D eigenvalue weighted by Crippen LogP contribution is -2.38. The van der Waals surface area contributed by atoms with E-state index in [9.17, 15) is 34.6 Å². The van der Waals surface area contributed by atoms with Crippen LogP contribution in [0.1, 0.15) is 44.9 Å². The number of ether oxygens (including phenoxy) is 14. The van der Waals surface area contributed by atoms with Crippen LogP contribution in [-0.4, -0.2) is 248 Å². The second-order valence-corrected chi connectivity index (χ2v) is 29.5. The number of amides is 2. The first-order valence-electron chi connectivity index (χ1n) is 40.2. The van der Waals surface area contributed by atoms with E-state index < -0.39 is 28.7 Å². The fourth-order valence-electron chi connectivity index (χ4n) is 12.3. The fourth-order valence-corrected chi connectivity index (χ4v) is 12.9. The van der Waals surface area contributed by atoms with Crippen molar-refractivity contribution in [1.29, 1.82) is 0 Å². The predicted molar refractivity (Wildman–Crippen MR) is 458 cm³/mol. The van der Waals surface area contributed by atoms with E-state index in [4.69, 9.17) is 87.8 Å². The first-order chi connectivity index (χ1) is 62.8. The number of carbonyl (C=O) groups excluding carboxylic acids is 3. The number of nitro benzene ring substituents is 2. The molecule has 0 unspecified atom stereocenters. The van der Waals surface area contributed by atoms with Gasteiger partial charge in [-0.1, -0.05) is 27.5 Å². The van der Waals surface area contributed by atoms with E-state index in [0.717, 1.165) is 12.8 Å². The number of hydrogen-bond donors (Lipinski definition) is 5. The maximum absolute atomic E-state index is 12.8. The van der Waals surface area contributed by atoms with E-state index in [1.54, 1.807) is 114 Å². The number of nitro groups is 2. The highest BCUT2D eigenvalue weighted by molar-refractivity contribution is 9.10. The van der Waals surface area contributed by atoms with Gasteiger partial charge >= 0.3 is 17.3 Å². The molecule has 1 aliphatic carbocycles. The minimum atomic E-state index is -2.76. The van der Waals surface area contributed by atoms with E-state index in [-0.39, 0.29) is 93.8 Å². The van der Waals surface area contributed by atoms with E-state index >= 15 is 0 Å². The molecule has 0 radical (unpaired) electrons. The number of aromatic nitrogens is 19. The summed E-state index contributed by atoms with van der Waals surface area (Å²) in [5, 5.41) is 70.0. The van der Waals surface area contributed by atoms with Crippen molar-refractivity contribution >= 4 is 90.9 Å². The highest BCUT2D eigenvalue weighted by atomic mass is 79.9. The number of anilines is 6. The quantitative estimate of drug-likeness (QED) is 0.0127. The zero-order chi connectivity index (χ0) is 93.5. The molecule has 4 aliphatic heterocycles. The minimum Gasteiger partial charge on any atom is -0.494 e. The molecule has 4 saturated heterocycles. The second kappa shape index (κ2) is 41.5. The van der Waals surface area contributed by atoms with Crippen LogP contribution in [-0.2, 0) is 63.7 Å². The van der Waals surface area contributed by atoms with Crippen LogP contribution >= 0.6 is 27.5 Å². The maximum atomic E-state index is 12.8. The SMILES string of the molecule is CCOC(=O)c1nnc(Cl)cc1Nc1cc(OC2COC2)cc(-c2ncn(C)n2)c1OC.COc1c(-c2ncn(C)n2)cc(Br)cc1[N+](=O)[O-].COc1c(-c2ncn(C)n2)cc(OC2COC2)cc1[N+](=O)[O-].COc1c(N)cc(OC2COC2)cc1-c1ncn(C)n1.[2H]C([2H])([2H])NC(=O)c1nnc(NC(=O)C2CC2)cc1Nc1cc(OC2COC2)cc(-c2ncn(C)n2)c1OC. The summed E-state index contributed by atoms with van der Waals surface area (Å²) < 4.78 is 107. The molecule has 1 saturated carbocycles. The van der Waals surface area contributed by atoms with Crippen molar-refractivity contribution in [3.8, 4) is 109 Å². The summed E-state index contributed by atoms with van der Waals surface area (Å²) in [4.78, 5) is 79.8. The number of aryl methyl sites for hydroxylation is 5. The molecule has 2 amide bonds. The van der Waals surface area contributed by atoms with Crippen molar-refractivity contribution in [1.82, 2.24) is 99.5 Å². The third-order valence-corrected chi connectivity index (χ3v) is 19.3. The summed E-state index contributed by atoms with van der Waals surface area (Å²) >= 11 is 9.26. The van der Waals surface area contributed by atoms with Crippen molar-refractivity contribution in [2.75, 3.05) is 124 Å². The Labute approximate surface area is 745 Å². The molecular weight excluding hydrogens is 1760 g/mol. The third-order valence-electron chi connectivity index (χ3n) is 18.6. The highest BCUT2D eigenvalue weighted by Crippen LogP contribution is 2.46. The number of nitrogen functional groups attached to an aromatic ring is 1. The number of nitrogens with one attached hydrogen (secondary N) is 4. The summed E-state index contributed by atoms with van der Waals surface area (Å²) in [7, 11) is 16.0. The molecule has 5 aliphatic rings. The maximum Gasteiger partial charge on any atom is 0.361 e. The summed E-state index contributed by atoms with van der Waals surface area (Å²) in [6.45, 7) is 3.14. The Morgan fingerprint density at radius 3 is 1.22 bits per heavy atom. The van der Waals surface area contributed by atoms with Crippen LogP contribution < -0.4 is 69.6 Å². The molecule has 17 rings (SSSR count). The Balaban J connectivity index is 0.000000144. The summed E-state index contributed by atoms with van der Waals surface area (Å²) in [6.07, 6.45) is 9.09. The number of esters is 1. The molecule has 0 spiro atoms. The van der Waals surface area contributed by atoms with Crippen molar-refractivity contribution < 1.29 is 94.7 Å². The van der Waals surface area contributed by atoms with Gasteiger partial charge < -0.3 is 93.3 Å². The standard InChI is InChI=1S/C23H26N8O5.C20H21ClN6O5.C13H14N4O5.C13H16N4O3.C10H9BrN4O3/c1-24-23(33)19-16(8-18(28-29-19)27-22(32)12-4-5-12)26-17-7-13(36-14-9-35-10-14)6-15(20(17)34-3)21-25-11-31(2)30-21;1-4-31-20(28)17-14(7-16(21)24-25-17)23-15-6-11(32-12-8-30-9-12)5-13(18(15)29-3)19-22-10-27(2)26-19;1-16-7-14-13(15-16)10-3-8(22-9-5-21-6-9)4-11(17(18)19)12(10)20-2;1-17-7-15-13(16-17)10-3-8(20-9-5-19-6-9)4-11(14)12(10)18-2;1-14-5-12-10(13-14)7-3-6(11)4-8(15(16)17)9(7)18-2/h6-8,11-12,14H,4-5,9-10H2,1-3H3,(H,24,33)(H2,26,27,28,32);5-7,10,12H,4,8-9H2,1-3H3,(H,23,24);3-4,7,9H,5-6H2,1-2H3;3-4,7,9H,5-6,14H2,1-2H3;3-5H,1-2H3/i1D3;;;;. The van der Waals surface area contributed by atoms with Gasteiger partial charge in [-0.15, -0.1) is 20.4 Å². The van der Waals surface area contributed by atoms with E-state index in [0.29, 0.717) is 177 Å². The Morgan fingerprint density at radius 2 is 0.859 bits per heavy atom. The van der Waals surface area contributed by atoms with Gasteiger partial charge in [-0.25, -0.2) is 29.7 Å². The van der Waals surface area contributed by atoms with Crippen LogP contribution in [0.3, 0.4) is 0 Å². The average Bonchev–Trinajstić information content (AvgIpc) is 1.78. The average molecular weight is 1850 g/mol. The Kier molecular flexibility index (Phi) is 28.1. The van der Waals surface area contributed by atoms with Gasteiger partial charge in [0, 0.05) is 93.1 Å². The number of carbonyl (C=O) groups is 3. The number of methoxy groups -OCH3 is 5. The molecule has 7 aromatic heterocycles. The molecule has 0 atom stereocenters. The zero-order valence-corrected chi connectivity index (χ0v) is 72.6. The summed E-state index contributed by atoms with van der Waals surface area (Å²) in [5.41, 5.74) is 9.74. The Hall–Kier alpha value is -14.6. The zero-order valence-electron chi connectivity index (χ0n) is 73.3. The largest absolute Gasteiger partial charge is 0.494 e. The summed E-state index contributed by atoms with van der Waals surface area (Å²) in [6, 6.07) is 19.4. The number of benzene rings is 5. The molecule has 47 nitrogen and oxygen atoms in total. The second-order valence-electron chi connectivity index (χ2n) is 28.2. The van der Waals surface area contributed by atoms with Crippen LogP contribution in [0.25, 0.3) is 56.9 Å². The normalized spacial score (nSPS) is 14.3. The number of nitrogens with zero attached hydrogens (tertiary/aromatic N) is 21. The molecule has 6 N–H and O–H groups in total. The lowest BCUT2D eigenvalue weighted by atomic mass is 10.1. The first kappa shape index (κ1) is 86.9. The molecular formula is C79H86BrClN26O21.